The number of esters is 2. The highest BCUT2D eigenvalue weighted by atomic mass is 31.2. The van der Waals surface area contributed by atoms with E-state index in [4.69, 9.17) is 18.5 Å². The molecule has 0 heterocycles. The molecule has 0 rings (SSSR count). The molecule has 0 aromatic carbocycles. The standard InChI is InChI=1S/C48H88NO10P/c1-6-8-10-11-12-13-14-15-16-17-18-19-20-21-25-28-32-38-48(53)59-46(43-58-60(54,55)57-41-40-49(3,4)5)42-56-47(52)39-33-37-45(51)36-31-27-24-22-23-26-30-35-44(50)34-29-9-7-2/h23-24,26-27,30-31,35-36,44-46,50-51H,6-22,25,28-29,32-34,37-43H2,1-5H3/b26-23-,27-24-,35-30+,36-31+/t44-,45-,46+/m0/s1. The van der Waals surface area contributed by atoms with E-state index in [0.717, 1.165) is 44.9 Å². The molecule has 0 bridgehead atoms. The van der Waals surface area contributed by atoms with Gasteiger partial charge in [-0.25, -0.2) is 0 Å². The van der Waals surface area contributed by atoms with Crippen molar-refractivity contribution < 1.29 is 52.3 Å². The molecule has 0 saturated heterocycles. The number of unbranched alkanes of at least 4 members (excludes halogenated alkanes) is 18. The number of phosphoric ester groups is 1. The summed E-state index contributed by atoms with van der Waals surface area (Å²) >= 11 is 0. The fraction of sp³-hybridized carbons (Fsp3) is 0.792. The molecular weight excluding hydrogens is 781 g/mol. The lowest BCUT2D eigenvalue weighted by Crippen LogP contribution is -2.37. The summed E-state index contributed by atoms with van der Waals surface area (Å²) in [5.74, 6) is -1.06. The molecule has 0 spiro atoms. The van der Waals surface area contributed by atoms with Gasteiger partial charge in [-0.2, -0.15) is 0 Å². The molecule has 60 heavy (non-hydrogen) atoms. The number of hydrogen-bond donors (Lipinski definition) is 2. The number of hydrogen-bond acceptors (Lipinski definition) is 10. The molecule has 0 aromatic heterocycles. The Kier molecular flexibility index (Phi) is 38.3. The van der Waals surface area contributed by atoms with E-state index in [1.807, 2.05) is 51.5 Å². The average molecular weight is 870 g/mol. The topological polar surface area (TPSA) is 152 Å². The monoisotopic (exact) mass is 870 g/mol. The van der Waals surface area contributed by atoms with Crippen LogP contribution >= 0.6 is 7.82 Å². The Morgan fingerprint density at radius 1 is 0.600 bits per heavy atom. The molecule has 0 saturated carbocycles. The van der Waals surface area contributed by atoms with Gasteiger partial charge in [-0.3, -0.25) is 14.2 Å². The largest absolute Gasteiger partial charge is 0.756 e. The van der Waals surface area contributed by atoms with Crippen LogP contribution in [0.15, 0.2) is 48.6 Å². The second kappa shape index (κ2) is 39.7. The van der Waals surface area contributed by atoms with Crippen LogP contribution in [0.3, 0.4) is 0 Å². The number of carbonyl (C=O) groups excluding carboxylic acids is 2. The predicted octanol–water partition coefficient (Wildman–Crippen LogP) is 10.8. The molecule has 0 fully saturated rings. The van der Waals surface area contributed by atoms with Crippen molar-refractivity contribution in [1.29, 1.82) is 0 Å². The molecule has 1 unspecified atom stereocenters. The molecule has 0 aliphatic carbocycles. The van der Waals surface area contributed by atoms with Gasteiger partial charge in [0.1, 0.15) is 19.8 Å². The van der Waals surface area contributed by atoms with E-state index < -0.39 is 44.7 Å². The van der Waals surface area contributed by atoms with E-state index in [1.54, 1.807) is 18.2 Å². The van der Waals surface area contributed by atoms with E-state index in [-0.39, 0.29) is 26.1 Å². The fourth-order valence-electron chi connectivity index (χ4n) is 6.28. The minimum absolute atomic E-state index is 0.0291. The summed E-state index contributed by atoms with van der Waals surface area (Å²) < 4.78 is 33.8. The van der Waals surface area contributed by atoms with Crippen molar-refractivity contribution in [3.05, 3.63) is 48.6 Å². The Morgan fingerprint density at radius 3 is 1.55 bits per heavy atom. The van der Waals surface area contributed by atoms with Crippen molar-refractivity contribution >= 4 is 19.8 Å². The zero-order valence-electron chi connectivity index (χ0n) is 38.6. The van der Waals surface area contributed by atoms with Crippen LogP contribution in [0.5, 0.6) is 0 Å². The number of carbonyl (C=O) groups is 2. The molecule has 2 N–H and O–H groups in total. The van der Waals surface area contributed by atoms with Crippen LogP contribution in [-0.4, -0.2) is 92.5 Å². The molecule has 350 valence electrons. The van der Waals surface area contributed by atoms with Crippen LogP contribution in [0.2, 0.25) is 0 Å². The van der Waals surface area contributed by atoms with Gasteiger partial charge in [0.05, 0.1) is 40.0 Å². The second-order valence-corrected chi connectivity index (χ2v) is 18.6. The van der Waals surface area contributed by atoms with Crippen molar-refractivity contribution in [2.24, 2.45) is 0 Å². The van der Waals surface area contributed by atoms with Gasteiger partial charge in [0, 0.05) is 12.8 Å². The molecule has 12 heteroatoms. The molecule has 0 aromatic rings. The fourth-order valence-corrected chi connectivity index (χ4v) is 7.01. The maximum Gasteiger partial charge on any atom is 0.306 e. The Labute approximate surface area is 366 Å². The summed E-state index contributed by atoms with van der Waals surface area (Å²) in [4.78, 5) is 37.6. The van der Waals surface area contributed by atoms with Gasteiger partial charge in [0.25, 0.3) is 7.82 Å². The maximum atomic E-state index is 12.7. The number of likely N-dealkylation sites (N-methyl/N-ethyl adjacent to an activating group) is 1. The number of phosphoric acid groups is 1. The van der Waals surface area contributed by atoms with Crippen molar-refractivity contribution in [2.45, 2.75) is 199 Å². The summed E-state index contributed by atoms with van der Waals surface area (Å²) in [7, 11) is 1.04. The quantitative estimate of drug-likeness (QED) is 0.0199. The van der Waals surface area contributed by atoms with E-state index in [2.05, 4.69) is 13.8 Å². The minimum Gasteiger partial charge on any atom is -0.756 e. The summed E-state index contributed by atoms with van der Waals surface area (Å²) in [6, 6.07) is 0. The lowest BCUT2D eigenvalue weighted by Gasteiger charge is -2.28. The van der Waals surface area contributed by atoms with Crippen LogP contribution in [0, 0.1) is 0 Å². The number of rotatable bonds is 42. The highest BCUT2D eigenvalue weighted by Gasteiger charge is 2.22. The Morgan fingerprint density at radius 2 is 1.05 bits per heavy atom. The molecular formula is C48H88NO10P. The number of ether oxygens (including phenoxy) is 2. The van der Waals surface area contributed by atoms with Crippen LogP contribution in [0.1, 0.15) is 181 Å². The molecule has 0 radical (unpaired) electrons. The normalized spacial score (nSPS) is 15.0. The lowest BCUT2D eigenvalue weighted by atomic mass is 10.0. The maximum absolute atomic E-state index is 12.7. The highest BCUT2D eigenvalue weighted by Crippen LogP contribution is 2.38. The summed E-state index contributed by atoms with van der Waals surface area (Å²) in [6.07, 6.45) is 39.2. The van der Waals surface area contributed by atoms with Crippen LogP contribution in [0.4, 0.5) is 0 Å². The van der Waals surface area contributed by atoms with Crippen molar-refractivity contribution in [3.63, 3.8) is 0 Å². The second-order valence-electron chi connectivity index (χ2n) is 17.2. The first kappa shape index (κ1) is 57.9. The van der Waals surface area contributed by atoms with Crippen molar-refractivity contribution in [3.8, 4) is 0 Å². The Hall–Kier alpha value is -2.11. The van der Waals surface area contributed by atoms with Gasteiger partial charge in [-0.1, -0.05) is 184 Å². The van der Waals surface area contributed by atoms with Gasteiger partial charge < -0.3 is 38.1 Å². The summed E-state index contributed by atoms with van der Waals surface area (Å²) in [5.41, 5.74) is 0. The number of aliphatic hydroxyl groups excluding tert-OH is 2. The number of quaternary nitrogens is 1. The minimum atomic E-state index is -4.68. The highest BCUT2D eigenvalue weighted by molar-refractivity contribution is 7.45. The lowest BCUT2D eigenvalue weighted by molar-refractivity contribution is -0.870. The first-order chi connectivity index (χ1) is 28.8. The van der Waals surface area contributed by atoms with Crippen LogP contribution < -0.4 is 4.89 Å². The SMILES string of the molecule is CCCCCCCCCCCCCCCCCCCC(=O)O[C@H](COC(=O)CCC[C@@H](O)/C=C/C=C\C/C=C\C=C\[C@@H](O)CCCCC)COP(=O)([O-])OCC[N+](C)(C)C. The third-order valence-electron chi connectivity index (χ3n) is 10.1. The Bertz CT molecular complexity index is 1200. The average Bonchev–Trinajstić information content (AvgIpc) is 3.19. The molecule has 0 amide bonds. The van der Waals surface area contributed by atoms with Crippen LogP contribution in [-0.2, 0) is 32.7 Å². The number of nitrogens with zero attached hydrogens (tertiary/aromatic N) is 1. The van der Waals surface area contributed by atoms with Crippen molar-refractivity contribution in [1.82, 2.24) is 0 Å². The zero-order valence-corrected chi connectivity index (χ0v) is 39.5. The Balaban J connectivity index is 4.53. The van der Waals surface area contributed by atoms with E-state index in [0.29, 0.717) is 36.7 Å². The van der Waals surface area contributed by atoms with Gasteiger partial charge in [0.15, 0.2) is 6.10 Å². The summed E-state index contributed by atoms with van der Waals surface area (Å²) in [5, 5.41) is 20.2. The molecule has 4 atom stereocenters. The third-order valence-corrected chi connectivity index (χ3v) is 11.0. The smallest absolute Gasteiger partial charge is 0.306 e. The van der Waals surface area contributed by atoms with E-state index in [1.165, 1.54) is 83.5 Å². The summed E-state index contributed by atoms with van der Waals surface area (Å²) in [6.45, 7) is 3.87. The molecule has 0 aliphatic rings. The van der Waals surface area contributed by atoms with Gasteiger partial charge >= 0.3 is 11.9 Å². The third kappa shape index (κ3) is 42.6. The number of allylic oxidation sites excluding steroid dienone is 6. The van der Waals surface area contributed by atoms with Crippen molar-refractivity contribution in [2.75, 3.05) is 47.5 Å². The predicted molar refractivity (Wildman–Crippen MR) is 243 cm³/mol. The van der Waals surface area contributed by atoms with Crippen LogP contribution in [0.25, 0.3) is 0 Å². The van der Waals surface area contributed by atoms with E-state index in [9.17, 15) is 29.3 Å². The van der Waals surface area contributed by atoms with E-state index >= 15 is 0 Å². The first-order valence-electron chi connectivity index (χ1n) is 23.6. The van der Waals surface area contributed by atoms with Gasteiger partial charge in [-0.15, -0.1) is 0 Å². The first-order valence-corrected chi connectivity index (χ1v) is 25.0. The molecule has 0 aliphatic heterocycles. The zero-order chi connectivity index (χ0) is 44.6. The van der Waals surface area contributed by atoms with Gasteiger partial charge in [0.2, 0.25) is 0 Å². The van der Waals surface area contributed by atoms with Gasteiger partial charge in [-0.05, 0) is 32.1 Å². The molecule has 11 nitrogen and oxygen atoms in total. The number of aliphatic hydroxyl groups is 2.